The molecule has 0 saturated carbocycles. The molecule has 1 aliphatic rings. The largest absolute Gasteiger partial charge is 0.508 e. The summed E-state index contributed by atoms with van der Waals surface area (Å²) in [4.78, 5) is 0. The molecule has 2 aromatic rings. The van der Waals surface area contributed by atoms with Crippen LogP contribution in [0.5, 0.6) is 5.75 Å². The summed E-state index contributed by atoms with van der Waals surface area (Å²) in [6.07, 6.45) is 1.45. The average molecular weight is 279 g/mol. The van der Waals surface area contributed by atoms with Gasteiger partial charge >= 0.3 is 0 Å². The molecule has 0 heterocycles. The lowest BCUT2D eigenvalue weighted by molar-refractivity contribution is 0.448. The van der Waals surface area contributed by atoms with Crippen molar-refractivity contribution in [2.45, 2.75) is 18.9 Å². The van der Waals surface area contributed by atoms with Crippen LogP contribution in [0, 0.1) is 17.5 Å². The lowest BCUT2D eigenvalue weighted by atomic mass is 10.1. The van der Waals surface area contributed by atoms with Crippen molar-refractivity contribution in [3.8, 4) is 5.75 Å². The number of hydrogen-bond donors (Lipinski definition) is 2. The number of hydrogen-bond acceptors (Lipinski definition) is 2. The van der Waals surface area contributed by atoms with Gasteiger partial charge in [0.1, 0.15) is 5.75 Å². The molecular formula is C15H12F3NO. The quantitative estimate of drug-likeness (QED) is 0.817. The zero-order valence-corrected chi connectivity index (χ0v) is 10.5. The van der Waals surface area contributed by atoms with Gasteiger partial charge in [-0.2, -0.15) is 0 Å². The summed E-state index contributed by atoms with van der Waals surface area (Å²) in [6, 6.07) is 6.89. The van der Waals surface area contributed by atoms with E-state index in [-0.39, 0.29) is 17.5 Å². The Morgan fingerprint density at radius 1 is 1.05 bits per heavy atom. The second kappa shape index (κ2) is 4.74. The molecule has 0 bridgehead atoms. The van der Waals surface area contributed by atoms with E-state index in [2.05, 4.69) is 5.32 Å². The minimum absolute atomic E-state index is 0.0603. The zero-order chi connectivity index (χ0) is 14.3. The minimum Gasteiger partial charge on any atom is -0.508 e. The molecule has 1 atom stereocenters. The van der Waals surface area contributed by atoms with Crippen LogP contribution in [0.25, 0.3) is 0 Å². The highest BCUT2D eigenvalue weighted by Gasteiger charge is 2.24. The number of aryl methyl sites for hydroxylation is 1. The first-order valence-electron chi connectivity index (χ1n) is 6.28. The lowest BCUT2D eigenvalue weighted by Crippen LogP contribution is -2.09. The van der Waals surface area contributed by atoms with E-state index in [1.165, 1.54) is 6.07 Å². The molecule has 2 nitrogen and oxygen atoms in total. The second-order valence-electron chi connectivity index (χ2n) is 4.84. The maximum atomic E-state index is 13.6. The van der Waals surface area contributed by atoms with Crippen molar-refractivity contribution in [1.82, 2.24) is 0 Å². The van der Waals surface area contributed by atoms with Gasteiger partial charge in [0.15, 0.2) is 17.5 Å². The lowest BCUT2D eigenvalue weighted by Gasteiger charge is -2.16. The fourth-order valence-electron chi connectivity index (χ4n) is 2.58. The van der Waals surface area contributed by atoms with Crippen LogP contribution in [-0.4, -0.2) is 5.11 Å². The maximum Gasteiger partial charge on any atom is 0.196 e. The van der Waals surface area contributed by atoms with E-state index in [9.17, 15) is 18.3 Å². The molecule has 1 unspecified atom stereocenters. The molecule has 20 heavy (non-hydrogen) atoms. The molecule has 0 spiro atoms. The molecule has 0 aromatic heterocycles. The molecule has 2 aromatic carbocycles. The molecule has 5 heteroatoms. The summed E-state index contributed by atoms with van der Waals surface area (Å²) in [7, 11) is 0. The van der Waals surface area contributed by atoms with Crippen molar-refractivity contribution in [3.05, 3.63) is 58.9 Å². The zero-order valence-electron chi connectivity index (χ0n) is 10.5. The van der Waals surface area contributed by atoms with Crippen molar-refractivity contribution in [1.29, 1.82) is 0 Å². The standard InChI is InChI=1S/C15H12F3NO/c16-11-4-6-13(15(18)14(11)17)19-12-5-1-8-7-9(20)2-3-10(8)12/h2-4,6-7,12,19-20H,1,5H2. The molecule has 1 aliphatic carbocycles. The number of benzene rings is 2. The van der Waals surface area contributed by atoms with Crippen molar-refractivity contribution >= 4 is 5.69 Å². The monoisotopic (exact) mass is 279 g/mol. The molecule has 0 amide bonds. The van der Waals surface area contributed by atoms with Crippen LogP contribution >= 0.6 is 0 Å². The summed E-state index contributed by atoms with van der Waals surface area (Å²) >= 11 is 0. The van der Waals surface area contributed by atoms with E-state index in [4.69, 9.17) is 0 Å². The molecule has 0 aliphatic heterocycles. The predicted molar refractivity (Wildman–Crippen MR) is 69.1 cm³/mol. The van der Waals surface area contributed by atoms with Crippen LogP contribution in [-0.2, 0) is 6.42 Å². The number of halogens is 3. The van der Waals surface area contributed by atoms with Gasteiger partial charge in [-0.15, -0.1) is 0 Å². The first-order chi connectivity index (χ1) is 9.56. The number of fused-ring (bicyclic) bond motifs is 1. The van der Waals surface area contributed by atoms with Crippen LogP contribution in [0.15, 0.2) is 30.3 Å². The number of aromatic hydroxyl groups is 1. The topological polar surface area (TPSA) is 32.3 Å². The van der Waals surface area contributed by atoms with Crippen LogP contribution in [0.2, 0.25) is 0 Å². The molecule has 3 rings (SSSR count). The Kier molecular flexibility index (Phi) is 3.04. The molecule has 0 radical (unpaired) electrons. The van der Waals surface area contributed by atoms with Gasteiger partial charge < -0.3 is 10.4 Å². The van der Waals surface area contributed by atoms with Gasteiger partial charge in [-0.05, 0) is 48.2 Å². The maximum absolute atomic E-state index is 13.6. The third-order valence-electron chi connectivity index (χ3n) is 3.57. The van der Waals surface area contributed by atoms with Crippen LogP contribution in [0.4, 0.5) is 18.9 Å². The second-order valence-corrected chi connectivity index (χ2v) is 4.84. The van der Waals surface area contributed by atoms with Gasteiger partial charge in [-0.25, -0.2) is 13.2 Å². The van der Waals surface area contributed by atoms with Gasteiger partial charge in [0, 0.05) is 0 Å². The third kappa shape index (κ3) is 2.09. The summed E-state index contributed by atoms with van der Waals surface area (Å²) < 4.78 is 39.7. The summed E-state index contributed by atoms with van der Waals surface area (Å²) in [5, 5.41) is 12.3. The number of rotatable bonds is 2. The minimum atomic E-state index is -1.47. The van der Waals surface area contributed by atoms with Gasteiger partial charge in [-0.1, -0.05) is 6.07 Å². The van der Waals surface area contributed by atoms with Crippen molar-refractivity contribution < 1.29 is 18.3 Å². The molecular weight excluding hydrogens is 267 g/mol. The summed E-state index contributed by atoms with van der Waals surface area (Å²) in [5.74, 6) is -3.70. The fourth-order valence-corrected chi connectivity index (χ4v) is 2.58. The SMILES string of the molecule is Oc1ccc2c(c1)CCC2Nc1ccc(F)c(F)c1F. The first-order valence-corrected chi connectivity index (χ1v) is 6.28. The summed E-state index contributed by atoms with van der Waals surface area (Å²) in [6.45, 7) is 0. The van der Waals surface area contributed by atoms with Gasteiger partial charge in [0.25, 0.3) is 0 Å². The first kappa shape index (κ1) is 12.8. The number of anilines is 1. The van der Waals surface area contributed by atoms with Crippen LogP contribution < -0.4 is 5.32 Å². The Morgan fingerprint density at radius 2 is 1.85 bits per heavy atom. The van der Waals surface area contributed by atoms with Crippen molar-refractivity contribution in [2.75, 3.05) is 5.32 Å². The van der Waals surface area contributed by atoms with Gasteiger partial charge in [0.2, 0.25) is 0 Å². The third-order valence-corrected chi connectivity index (χ3v) is 3.57. The van der Waals surface area contributed by atoms with E-state index >= 15 is 0 Å². The number of phenolic OH excluding ortho intramolecular Hbond substituents is 1. The van der Waals surface area contributed by atoms with E-state index < -0.39 is 17.5 Å². The van der Waals surface area contributed by atoms with E-state index in [0.29, 0.717) is 6.42 Å². The molecule has 2 N–H and O–H groups in total. The highest BCUT2D eigenvalue weighted by atomic mass is 19.2. The van der Waals surface area contributed by atoms with E-state index in [1.807, 2.05) is 0 Å². The Balaban J connectivity index is 1.90. The number of phenols is 1. The average Bonchev–Trinajstić information content (AvgIpc) is 2.82. The Morgan fingerprint density at radius 3 is 2.65 bits per heavy atom. The Labute approximate surface area is 113 Å². The predicted octanol–water partition coefficient (Wildman–Crippen LogP) is 3.91. The summed E-state index contributed by atoms with van der Waals surface area (Å²) in [5.41, 5.74) is 1.85. The van der Waals surface area contributed by atoms with Gasteiger partial charge in [0.05, 0.1) is 11.7 Å². The van der Waals surface area contributed by atoms with Crippen molar-refractivity contribution in [3.63, 3.8) is 0 Å². The van der Waals surface area contributed by atoms with E-state index in [0.717, 1.165) is 23.6 Å². The van der Waals surface area contributed by atoms with E-state index in [1.54, 1.807) is 18.2 Å². The fraction of sp³-hybridized carbons (Fsp3) is 0.200. The highest BCUT2D eigenvalue weighted by Crippen LogP contribution is 2.36. The molecule has 0 saturated heterocycles. The molecule has 0 fully saturated rings. The molecule has 104 valence electrons. The Bertz CT molecular complexity index is 672. The normalized spacial score (nSPS) is 17.1. The smallest absolute Gasteiger partial charge is 0.196 e. The highest BCUT2D eigenvalue weighted by molar-refractivity contribution is 5.50. The van der Waals surface area contributed by atoms with Crippen LogP contribution in [0.1, 0.15) is 23.6 Å². The van der Waals surface area contributed by atoms with Crippen LogP contribution in [0.3, 0.4) is 0 Å². The number of nitrogens with one attached hydrogen (secondary N) is 1. The van der Waals surface area contributed by atoms with Gasteiger partial charge in [-0.3, -0.25) is 0 Å². The Hall–Kier alpha value is -2.17. The van der Waals surface area contributed by atoms with Crippen molar-refractivity contribution in [2.24, 2.45) is 0 Å².